The molecule has 0 bridgehead atoms. The molecule has 2 atom stereocenters. The molecule has 2 aromatic rings. The fraction of sp³-hybridized carbons (Fsp3) is 0.440. The predicted octanol–water partition coefficient (Wildman–Crippen LogP) is 2.81. The monoisotopic (exact) mass is 469 g/mol. The zero-order valence-corrected chi connectivity index (χ0v) is 19.9. The van der Waals surface area contributed by atoms with Gasteiger partial charge in [-0.1, -0.05) is 24.3 Å². The molecule has 9 heteroatoms. The summed E-state index contributed by atoms with van der Waals surface area (Å²) in [5, 5.41) is 20.2. The van der Waals surface area contributed by atoms with E-state index in [1.807, 2.05) is 30.3 Å². The number of carbonyl (C=O) groups excluding carboxylic acids is 2. The molecule has 1 fully saturated rings. The summed E-state index contributed by atoms with van der Waals surface area (Å²) in [5.41, 5.74) is 1.91. The summed E-state index contributed by atoms with van der Waals surface area (Å²) in [7, 11) is 3.10. The third-order valence-electron chi connectivity index (χ3n) is 6.53. The molecule has 3 rings (SSSR count). The van der Waals surface area contributed by atoms with Crippen LogP contribution in [0.3, 0.4) is 0 Å². The first-order valence-corrected chi connectivity index (χ1v) is 11.2. The second-order valence-corrected chi connectivity index (χ2v) is 8.98. The molecule has 0 aliphatic carbocycles. The van der Waals surface area contributed by atoms with Crippen LogP contribution in [0.25, 0.3) is 11.1 Å². The molecular formula is C25H31N3O6. The number of pyridine rings is 1. The highest BCUT2D eigenvalue weighted by Crippen LogP contribution is 2.27. The van der Waals surface area contributed by atoms with E-state index in [0.717, 1.165) is 21.6 Å². The number of ether oxygens (including phenoxy) is 1. The van der Waals surface area contributed by atoms with E-state index in [2.05, 4.69) is 4.98 Å². The van der Waals surface area contributed by atoms with Crippen LogP contribution in [0.1, 0.15) is 32.3 Å². The highest BCUT2D eigenvalue weighted by atomic mass is 16.5. The predicted molar refractivity (Wildman–Crippen MR) is 125 cm³/mol. The van der Waals surface area contributed by atoms with E-state index in [-0.39, 0.29) is 25.3 Å². The van der Waals surface area contributed by atoms with E-state index in [9.17, 15) is 24.6 Å². The van der Waals surface area contributed by atoms with Gasteiger partial charge in [0.25, 0.3) is 5.91 Å². The van der Waals surface area contributed by atoms with Gasteiger partial charge in [-0.3, -0.25) is 14.5 Å². The first-order chi connectivity index (χ1) is 16.1. The molecule has 0 radical (unpaired) electrons. The number of carboxylic acids is 1. The van der Waals surface area contributed by atoms with Gasteiger partial charge in [0.1, 0.15) is 5.54 Å². The van der Waals surface area contributed by atoms with Crippen molar-refractivity contribution >= 4 is 17.9 Å². The largest absolute Gasteiger partial charge is 0.481 e. The number of imide groups is 1. The van der Waals surface area contributed by atoms with E-state index in [1.165, 1.54) is 4.90 Å². The smallest absolute Gasteiger partial charge is 0.327 e. The number of carbonyl (C=O) groups is 3. The Hall–Kier alpha value is -3.46. The number of amides is 3. The summed E-state index contributed by atoms with van der Waals surface area (Å²) in [6.07, 6.45) is 1.34. The number of aromatic nitrogens is 1. The second kappa shape index (κ2) is 10.2. The maximum atomic E-state index is 12.5. The van der Waals surface area contributed by atoms with Gasteiger partial charge in [0.15, 0.2) is 0 Å². The maximum Gasteiger partial charge on any atom is 0.327 e. The molecule has 1 aliphatic rings. The average Bonchev–Trinajstić information content (AvgIpc) is 2.97. The molecule has 182 valence electrons. The van der Waals surface area contributed by atoms with Crippen LogP contribution in [0.5, 0.6) is 5.88 Å². The van der Waals surface area contributed by atoms with Gasteiger partial charge in [0.05, 0.1) is 19.1 Å². The standard InChI is InChI=1S/C25H31N3O6/c1-25(2)23(32)28(24(33)27(25)3)14-13-19(22(30)31)20(29)11-7-16-5-8-17(9-6-16)18-10-12-21(34-4)26-15-18/h5-6,8-10,12,15,19-20,29H,7,11,13-14H2,1-4H3,(H,30,31)/t19-,20+/m0/s1. The molecule has 2 N–H and O–H groups in total. The summed E-state index contributed by atoms with van der Waals surface area (Å²) >= 11 is 0. The Morgan fingerprint density at radius 1 is 1.09 bits per heavy atom. The van der Waals surface area contributed by atoms with Crippen molar-refractivity contribution in [2.45, 2.75) is 44.8 Å². The first-order valence-electron chi connectivity index (χ1n) is 11.2. The Labute approximate surface area is 199 Å². The van der Waals surface area contributed by atoms with Crippen LogP contribution in [0.15, 0.2) is 42.6 Å². The number of aliphatic hydroxyl groups is 1. The Morgan fingerprint density at radius 3 is 2.24 bits per heavy atom. The number of hydrogen-bond donors (Lipinski definition) is 2. The number of aliphatic hydroxyl groups excluding tert-OH is 1. The van der Waals surface area contributed by atoms with E-state index in [1.54, 1.807) is 40.3 Å². The highest BCUT2D eigenvalue weighted by molar-refractivity contribution is 6.06. The number of aliphatic carboxylic acids is 1. The molecule has 0 unspecified atom stereocenters. The number of nitrogens with zero attached hydrogens (tertiary/aromatic N) is 3. The van der Waals surface area contributed by atoms with Gasteiger partial charge in [-0.05, 0) is 50.3 Å². The third-order valence-corrected chi connectivity index (χ3v) is 6.53. The van der Waals surface area contributed by atoms with Crippen molar-refractivity contribution in [1.82, 2.24) is 14.8 Å². The van der Waals surface area contributed by atoms with Gasteiger partial charge in [-0.25, -0.2) is 9.78 Å². The van der Waals surface area contributed by atoms with Crippen molar-refractivity contribution in [1.29, 1.82) is 0 Å². The topological polar surface area (TPSA) is 120 Å². The molecule has 3 amide bonds. The molecule has 2 heterocycles. The number of carboxylic acid groups (broad SMARTS) is 1. The normalized spacial score (nSPS) is 17.1. The number of rotatable bonds is 10. The molecule has 34 heavy (non-hydrogen) atoms. The molecular weight excluding hydrogens is 438 g/mol. The van der Waals surface area contributed by atoms with Crippen molar-refractivity contribution in [2.24, 2.45) is 5.92 Å². The number of methoxy groups -OCH3 is 1. The fourth-order valence-corrected chi connectivity index (χ4v) is 3.98. The lowest BCUT2D eigenvalue weighted by Crippen LogP contribution is -2.42. The van der Waals surface area contributed by atoms with Crippen LogP contribution in [0.4, 0.5) is 4.79 Å². The van der Waals surface area contributed by atoms with Crippen molar-refractivity contribution in [3.8, 4) is 17.0 Å². The van der Waals surface area contributed by atoms with Gasteiger partial charge < -0.3 is 19.8 Å². The Bertz CT molecular complexity index is 1040. The van der Waals surface area contributed by atoms with E-state index in [4.69, 9.17) is 4.74 Å². The zero-order chi connectivity index (χ0) is 25.0. The van der Waals surface area contributed by atoms with Crippen LogP contribution < -0.4 is 4.74 Å². The van der Waals surface area contributed by atoms with E-state index in [0.29, 0.717) is 12.3 Å². The van der Waals surface area contributed by atoms with Crippen molar-refractivity contribution < 1.29 is 29.3 Å². The van der Waals surface area contributed by atoms with Crippen molar-refractivity contribution in [2.75, 3.05) is 20.7 Å². The highest BCUT2D eigenvalue weighted by Gasteiger charge is 2.49. The minimum atomic E-state index is -1.15. The van der Waals surface area contributed by atoms with E-state index < -0.39 is 29.6 Å². The molecule has 1 saturated heterocycles. The molecule has 9 nitrogen and oxygen atoms in total. The van der Waals surface area contributed by atoms with Crippen molar-refractivity contribution in [3.63, 3.8) is 0 Å². The maximum absolute atomic E-state index is 12.5. The minimum absolute atomic E-state index is 0.0126. The average molecular weight is 470 g/mol. The Balaban J connectivity index is 1.57. The molecule has 1 aromatic carbocycles. The van der Waals surface area contributed by atoms with Crippen LogP contribution in [-0.2, 0) is 16.0 Å². The number of benzene rings is 1. The molecule has 0 spiro atoms. The lowest BCUT2D eigenvalue weighted by atomic mass is 9.93. The van der Waals surface area contributed by atoms with Crippen molar-refractivity contribution in [3.05, 3.63) is 48.2 Å². The first kappa shape index (κ1) is 25.2. The van der Waals surface area contributed by atoms with E-state index >= 15 is 0 Å². The van der Waals surface area contributed by atoms with Gasteiger partial charge in [-0.15, -0.1) is 0 Å². The van der Waals surface area contributed by atoms with Crippen LogP contribution in [0.2, 0.25) is 0 Å². The third kappa shape index (κ3) is 5.20. The summed E-state index contributed by atoms with van der Waals surface area (Å²) in [6, 6.07) is 11.0. The quantitative estimate of drug-likeness (QED) is 0.513. The minimum Gasteiger partial charge on any atom is -0.481 e. The zero-order valence-electron chi connectivity index (χ0n) is 19.9. The summed E-state index contributed by atoms with van der Waals surface area (Å²) < 4.78 is 5.07. The lowest BCUT2D eigenvalue weighted by Gasteiger charge is -2.22. The number of hydrogen-bond acceptors (Lipinski definition) is 6. The second-order valence-electron chi connectivity index (χ2n) is 8.98. The lowest BCUT2D eigenvalue weighted by molar-refractivity contribution is -0.147. The Morgan fingerprint density at radius 2 is 1.74 bits per heavy atom. The number of likely N-dealkylation sites (N-methyl/N-ethyl adjacent to an activating group) is 1. The Kier molecular flexibility index (Phi) is 7.56. The number of urea groups is 1. The van der Waals surface area contributed by atoms with Crippen LogP contribution >= 0.6 is 0 Å². The molecule has 0 saturated carbocycles. The summed E-state index contributed by atoms with van der Waals surface area (Å²) in [6.45, 7) is 3.24. The number of aryl methyl sites for hydroxylation is 1. The van der Waals surface area contributed by atoms with Crippen LogP contribution in [-0.4, -0.2) is 75.2 Å². The van der Waals surface area contributed by atoms with Gasteiger partial charge >= 0.3 is 12.0 Å². The summed E-state index contributed by atoms with van der Waals surface area (Å²) in [4.78, 5) is 43.3. The SMILES string of the molecule is COc1ccc(-c2ccc(CC[C@@H](O)[C@H](CCN3C(=O)N(C)C(C)(C)C3=O)C(=O)O)cc2)cn1. The fourth-order valence-electron chi connectivity index (χ4n) is 3.98. The van der Waals surface area contributed by atoms with Gasteiger partial charge in [0.2, 0.25) is 5.88 Å². The summed E-state index contributed by atoms with van der Waals surface area (Å²) in [5.74, 6) is -2.07. The molecule has 1 aromatic heterocycles. The van der Waals surface area contributed by atoms with Gasteiger partial charge in [0, 0.05) is 31.4 Å². The van der Waals surface area contributed by atoms with Crippen LogP contribution in [0, 0.1) is 5.92 Å². The molecule has 1 aliphatic heterocycles. The van der Waals surface area contributed by atoms with Gasteiger partial charge in [-0.2, -0.15) is 0 Å².